The van der Waals surface area contributed by atoms with Gasteiger partial charge in [0.15, 0.2) is 0 Å². The van der Waals surface area contributed by atoms with Crippen molar-refractivity contribution in [1.82, 2.24) is 20.2 Å². The SMILES string of the molecule is CC1CCc2c(sc(NC(=O)CSc3nnnn3C3CCCCC3)c2C(N)=O)C1. The van der Waals surface area contributed by atoms with Crippen molar-refractivity contribution in [2.24, 2.45) is 11.7 Å². The number of nitrogens with one attached hydrogen (secondary N) is 1. The number of nitrogens with zero attached hydrogens (tertiary/aromatic N) is 4. The summed E-state index contributed by atoms with van der Waals surface area (Å²) >= 11 is 2.81. The Balaban J connectivity index is 1.42. The first kappa shape index (κ1) is 20.3. The lowest BCUT2D eigenvalue weighted by molar-refractivity contribution is -0.113. The summed E-state index contributed by atoms with van der Waals surface area (Å²) in [5.74, 6) is 0.118. The molecule has 4 rings (SSSR count). The number of tetrazole rings is 1. The summed E-state index contributed by atoms with van der Waals surface area (Å²) in [6.07, 6.45) is 8.59. The summed E-state index contributed by atoms with van der Waals surface area (Å²) in [6.45, 7) is 2.21. The molecule has 0 saturated heterocycles. The van der Waals surface area contributed by atoms with Crippen LogP contribution in [0.4, 0.5) is 5.00 Å². The van der Waals surface area contributed by atoms with E-state index in [1.807, 2.05) is 4.68 Å². The van der Waals surface area contributed by atoms with Crippen LogP contribution in [0.3, 0.4) is 0 Å². The predicted octanol–water partition coefficient (Wildman–Crippen LogP) is 3.19. The maximum Gasteiger partial charge on any atom is 0.251 e. The molecule has 10 heteroatoms. The molecular weight excluding hydrogens is 408 g/mol. The van der Waals surface area contributed by atoms with Gasteiger partial charge in [-0.25, -0.2) is 4.68 Å². The molecule has 2 amide bonds. The lowest BCUT2D eigenvalue weighted by Crippen LogP contribution is -2.20. The number of anilines is 1. The molecule has 0 bridgehead atoms. The predicted molar refractivity (Wildman–Crippen MR) is 113 cm³/mol. The first-order valence-corrected chi connectivity index (χ1v) is 12.0. The molecule has 0 radical (unpaired) electrons. The van der Waals surface area contributed by atoms with Gasteiger partial charge in [0.25, 0.3) is 5.91 Å². The maximum atomic E-state index is 12.6. The highest BCUT2D eigenvalue weighted by Gasteiger charge is 2.27. The zero-order chi connectivity index (χ0) is 20.4. The van der Waals surface area contributed by atoms with Crippen molar-refractivity contribution in [2.75, 3.05) is 11.1 Å². The number of thioether (sulfide) groups is 1. The first-order valence-electron chi connectivity index (χ1n) is 10.2. The Morgan fingerprint density at radius 1 is 1.28 bits per heavy atom. The van der Waals surface area contributed by atoms with E-state index in [4.69, 9.17) is 5.73 Å². The second-order valence-corrected chi connectivity index (χ2v) is 10.0. The van der Waals surface area contributed by atoms with Crippen LogP contribution in [0.25, 0.3) is 0 Å². The number of amides is 2. The van der Waals surface area contributed by atoms with E-state index in [0.717, 1.165) is 37.7 Å². The normalized spacial score (nSPS) is 19.7. The van der Waals surface area contributed by atoms with Gasteiger partial charge in [-0.15, -0.1) is 16.4 Å². The Bertz CT molecular complexity index is 903. The molecule has 2 aromatic heterocycles. The fraction of sp³-hybridized carbons (Fsp3) is 0.632. The summed E-state index contributed by atoms with van der Waals surface area (Å²) in [6, 6.07) is 0.316. The monoisotopic (exact) mass is 434 g/mol. The van der Waals surface area contributed by atoms with Gasteiger partial charge in [0, 0.05) is 4.88 Å². The molecule has 1 atom stereocenters. The number of thiophene rings is 1. The van der Waals surface area contributed by atoms with Crippen molar-refractivity contribution in [3.05, 3.63) is 16.0 Å². The van der Waals surface area contributed by atoms with Crippen LogP contribution in [0.2, 0.25) is 0 Å². The number of rotatable bonds is 6. The molecule has 8 nitrogen and oxygen atoms in total. The molecule has 2 aliphatic carbocycles. The van der Waals surface area contributed by atoms with Crippen LogP contribution >= 0.6 is 23.1 Å². The Labute approximate surface area is 178 Å². The third kappa shape index (κ3) is 4.48. The minimum Gasteiger partial charge on any atom is -0.365 e. The lowest BCUT2D eigenvalue weighted by atomic mass is 9.88. The van der Waals surface area contributed by atoms with Gasteiger partial charge in [-0.1, -0.05) is 37.9 Å². The van der Waals surface area contributed by atoms with Gasteiger partial charge in [-0.2, -0.15) is 0 Å². The minimum absolute atomic E-state index is 0.178. The highest BCUT2D eigenvalue weighted by molar-refractivity contribution is 7.99. The molecule has 3 N–H and O–H groups in total. The van der Waals surface area contributed by atoms with E-state index in [-0.39, 0.29) is 11.7 Å². The van der Waals surface area contributed by atoms with Crippen molar-refractivity contribution < 1.29 is 9.59 Å². The molecule has 1 unspecified atom stereocenters. The lowest BCUT2D eigenvalue weighted by Gasteiger charge is -2.21. The Morgan fingerprint density at radius 2 is 2.07 bits per heavy atom. The zero-order valence-corrected chi connectivity index (χ0v) is 18.2. The quantitative estimate of drug-likeness (QED) is 0.675. The van der Waals surface area contributed by atoms with E-state index in [9.17, 15) is 9.59 Å². The molecule has 2 aliphatic rings. The van der Waals surface area contributed by atoms with E-state index in [1.165, 1.54) is 47.2 Å². The van der Waals surface area contributed by atoms with Crippen molar-refractivity contribution >= 4 is 39.9 Å². The van der Waals surface area contributed by atoms with Crippen LogP contribution in [-0.4, -0.2) is 37.8 Å². The highest BCUT2D eigenvalue weighted by Crippen LogP contribution is 2.39. The van der Waals surface area contributed by atoms with Crippen LogP contribution in [-0.2, 0) is 17.6 Å². The molecule has 1 saturated carbocycles. The summed E-state index contributed by atoms with van der Waals surface area (Å²) in [5, 5.41) is 16.2. The first-order chi connectivity index (χ1) is 14.0. The average molecular weight is 435 g/mol. The number of primary amides is 1. The van der Waals surface area contributed by atoms with Gasteiger partial charge in [0.05, 0.1) is 17.4 Å². The highest BCUT2D eigenvalue weighted by atomic mass is 32.2. The molecule has 0 spiro atoms. The summed E-state index contributed by atoms with van der Waals surface area (Å²) in [4.78, 5) is 25.8. The number of hydrogen-bond acceptors (Lipinski definition) is 7. The van der Waals surface area contributed by atoms with Crippen LogP contribution in [0.1, 0.15) is 72.3 Å². The van der Waals surface area contributed by atoms with Gasteiger partial charge in [-0.3, -0.25) is 9.59 Å². The Hall–Kier alpha value is -1.94. The minimum atomic E-state index is -0.471. The molecule has 156 valence electrons. The van der Waals surface area contributed by atoms with E-state index in [1.54, 1.807) is 0 Å². The number of fused-ring (bicyclic) bond motifs is 1. The van der Waals surface area contributed by atoms with Gasteiger partial charge in [-0.05, 0) is 54.0 Å². The molecule has 0 aliphatic heterocycles. The van der Waals surface area contributed by atoms with E-state index >= 15 is 0 Å². The number of carbonyl (C=O) groups excluding carboxylic acids is 2. The largest absolute Gasteiger partial charge is 0.365 e. The van der Waals surface area contributed by atoms with Crippen molar-refractivity contribution in [3.63, 3.8) is 0 Å². The Morgan fingerprint density at radius 3 is 2.83 bits per heavy atom. The van der Waals surface area contributed by atoms with Crippen LogP contribution < -0.4 is 11.1 Å². The van der Waals surface area contributed by atoms with Crippen LogP contribution in [0, 0.1) is 5.92 Å². The number of hydrogen-bond donors (Lipinski definition) is 2. The molecule has 1 fully saturated rings. The van der Waals surface area contributed by atoms with Crippen molar-refractivity contribution in [3.8, 4) is 0 Å². The molecule has 2 heterocycles. The van der Waals surface area contributed by atoms with Crippen molar-refractivity contribution in [2.45, 2.75) is 69.5 Å². The van der Waals surface area contributed by atoms with Gasteiger partial charge < -0.3 is 11.1 Å². The number of aromatic nitrogens is 4. The maximum absolute atomic E-state index is 12.6. The molecular formula is C19H26N6O2S2. The molecule has 0 aromatic carbocycles. The van der Waals surface area contributed by atoms with E-state index < -0.39 is 5.91 Å². The topological polar surface area (TPSA) is 116 Å². The summed E-state index contributed by atoms with van der Waals surface area (Å²) in [7, 11) is 0. The van der Waals surface area contributed by atoms with Gasteiger partial charge in [0.2, 0.25) is 11.1 Å². The van der Waals surface area contributed by atoms with Crippen molar-refractivity contribution in [1.29, 1.82) is 0 Å². The fourth-order valence-corrected chi connectivity index (χ4v) is 6.40. The second-order valence-electron chi connectivity index (χ2n) is 7.95. The number of nitrogens with two attached hydrogens (primary N) is 1. The zero-order valence-electron chi connectivity index (χ0n) is 16.5. The van der Waals surface area contributed by atoms with E-state index in [2.05, 4.69) is 27.8 Å². The van der Waals surface area contributed by atoms with Gasteiger partial charge >= 0.3 is 0 Å². The van der Waals surface area contributed by atoms with Crippen LogP contribution in [0.5, 0.6) is 0 Å². The number of carbonyl (C=O) groups is 2. The Kier molecular flexibility index (Phi) is 6.19. The molecule has 29 heavy (non-hydrogen) atoms. The standard InChI is InChI=1S/C19H26N6O2S2/c1-11-7-8-13-14(9-11)29-18(16(13)17(20)27)21-15(26)10-28-19-22-23-24-25(19)12-5-3-2-4-6-12/h11-12H,2-10H2,1H3,(H2,20,27)(H,21,26). The third-order valence-electron chi connectivity index (χ3n) is 5.73. The average Bonchev–Trinajstić information content (AvgIpc) is 3.30. The van der Waals surface area contributed by atoms with Crippen LogP contribution in [0.15, 0.2) is 5.16 Å². The smallest absolute Gasteiger partial charge is 0.251 e. The van der Waals surface area contributed by atoms with Gasteiger partial charge in [0.1, 0.15) is 5.00 Å². The third-order valence-corrected chi connectivity index (χ3v) is 7.83. The van der Waals surface area contributed by atoms with E-state index in [0.29, 0.717) is 27.7 Å². The summed E-state index contributed by atoms with van der Waals surface area (Å²) in [5.41, 5.74) is 7.13. The fourth-order valence-electron chi connectivity index (χ4n) is 4.23. The molecule has 2 aromatic rings. The summed E-state index contributed by atoms with van der Waals surface area (Å²) < 4.78 is 1.86. The second kappa shape index (κ2) is 8.83.